The van der Waals surface area contributed by atoms with Gasteiger partial charge in [0.05, 0.1) is 13.2 Å². The molecule has 0 aliphatic carbocycles. The van der Waals surface area contributed by atoms with Crippen molar-refractivity contribution in [3.05, 3.63) is 0 Å². The Bertz CT molecular complexity index is 456. The van der Waals surface area contributed by atoms with Crippen molar-refractivity contribution in [2.24, 2.45) is 0 Å². The van der Waals surface area contributed by atoms with Crippen molar-refractivity contribution in [2.75, 3.05) is 39.5 Å². The van der Waals surface area contributed by atoms with Crippen molar-refractivity contribution in [1.29, 1.82) is 0 Å². The third kappa shape index (κ3) is 7.39. The molecule has 0 aromatic rings. The van der Waals surface area contributed by atoms with E-state index < -0.39 is 12.1 Å². The molecule has 0 saturated carbocycles. The Morgan fingerprint density at radius 1 is 1.24 bits per heavy atom. The molecule has 0 bridgehead atoms. The number of rotatable bonds is 9. The Morgan fingerprint density at radius 3 is 2.56 bits per heavy atom. The lowest BCUT2D eigenvalue weighted by Gasteiger charge is -2.29. The average Bonchev–Trinajstić information content (AvgIpc) is 2.81. The molecule has 0 aromatic carbocycles. The van der Waals surface area contributed by atoms with Crippen molar-refractivity contribution in [3.63, 3.8) is 0 Å². The van der Waals surface area contributed by atoms with Crippen LogP contribution in [0.15, 0.2) is 0 Å². The zero-order valence-electron chi connectivity index (χ0n) is 15.4. The number of carbonyl (C=O) groups excluding carboxylic acids is 2. The number of aliphatic carboxylic acids is 1. The van der Waals surface area contributed by atoms with Gasteiger partial charge in [0.15, 0.2) is 0 Å². The van der Waals surface area contributed by atoms with E-state index in [1.165, 1.54) is 11.8 Å². The molecule has 1 rings (SSSR count). The van der Waals surface area contributed by atoms with Crippen LogP contribution in [0, 0.1) is 0 Å². The Labute approximate surface area is 149 Å². The summed E-state index contributed by atoms with van der Waals surface area (Å²) >= 11 is 0. The minimum atomic E-state index is -1.02. The van der Waals surface area contributed by atoms with Crippen molar-refractivity contribution >= 4 is 17.8 Å². The zero-order chi connectivity index (χ0) is 18.8. The Hall–Kier alpha value is -1.67. The molecule has 25 heavy (non-hydrogen) atoms. The number of ether oxygens (including phenoxy) is 2. The number of hydrogen-bond acceptors (Lipinski definition) is 5. The maximum absolute atomic E-state index is 12.5. The second kappa shape index (κ2) is 11.0. The summed E-state index contributed by atoms with van der Waals surface area (Å²) in [5.74, 6) is -1.35. The summed E-state index contributed by atoms with van der Waals surface area (Å²) in [7, 11) is 0. The van der Waals surface area contributed by atoms with Gasteiger partial charge in [-0.1, -0.05) is 0 Å². The number of hydrogen-bond donors (Lipinski definition) is 1. The quantitative estimate of drug-likeness (QED) is 0.611. The first-order valence-electron chi connectivity index (χ1n) is 8.83. The first-order chi connectivity index (χ1) is 11.9. The van der Waals surface area contributed by atoms with Crippen LogP contribution in [0.1, 0.15) is 40.0 Å². The maximum atomic E-state index is 12.5. The molecular weight excluding hydrogens is 328 g/mol. The van der Waals surface area contributed by atoms with Crippen LogP contribution in [0.4, 0.5) is 0 Å². The highest BCUT2D eigenvalue weighted by Crippen LogP contribution is 2.18. The lowest BCUT2D eigenvalue weighted by molar-refractivity contribution is -0.146. The molecule has 0 spiro atoms. The van der Waals surface area contributed by atoms with Gasteiger partial charge >= 0.3 is 5.97 Å². The summed E-state index contributed by atoms with van der Waals surface area (Å²) in [5.41, 5.74) is 0. The van der Waals surface area contributed by atoms with E-state index in [1.807, 2.05) is 6.92 Å². The highest BCUT2D eigenvalue weighted by molar-refractivity contribution is 5.81. The molecule has 2 atom stereocenters. The highest BCUT2D eigenvalue weighted by atomic mass is 16.5. The smallest absolute Gasteiger partial charge is 0.323 e. The van der Waals surface area contributed by atoms with Crippen LogP contribution in [-0.4, -0.2) is 84.3 Å². The van der Waals surface area contributed by atoms with Crippen molar-refractivity contribution in [2.45, 2.75) is 52.2 Å². The fraction of sp³-hybridized carbons (Fsp3) is 0.824. The van der Waals surface area contributed by atoms with E-state index >= 15 is 0 Å². The molecule has 1 aliphatic heterocycles. The third-order valence-electron chi connectivity index (χ3n) is 4.31. The van der Waals surface area contributed by atoms with Crippen LogP contribution < -0.4 is 0 Å². The lowest BCUT2D eigenvalue weighted by atomic mass is 10.1. The van der Waals surface area contributed by atoms with E-state index in [9.17, 15) is 14.4 Å². The molecule has 1 saturated heterocycles. The van der Waals surface area contributed by atoms with Gasteiger partial charge in [-0.05, 0) is 33.1 Å². The molecule has 1 heterocycles. The van der Waals surface area contributed by atoms with Gasteiger partial charge in [0.25, 0.3) is 5.91 Å². The van der Waals surface area contributed by atoms with E-state index in [2.05, 4.69) is 0 Å². The number of carbonyl (C=O) groups is 3. The molecule has 1 fully saturated rings. The SMILES string of the molecule is CCOCCOC(C)C(=O)N1CCCC(N(CC(=O)O)C(C)=O)CC1. The van der Waals surface area contributed by atoms with Crippen LogP contribution in [0.25, 0.3) is 0 Å². The monoisotopic (exact) mass is 358 g/mol. The number of likely N-dealkylation sites (tertiary alicyclic amines) is 1. The number of carboxylic acids is 1. The molecular formula is C17H30N2O6. The van der Waals surface area contributed by atoms with Gasteiger partial charge in [-0.2, -0.15) is 0 Å². The Morgan fingerprint density at radius 2 is 1.96 bits per heavy atom. The molecule has 8 heteroatoms. The molecule has 2 amide bonds. The van der Waals surface area contributed by atoms with E-state index in [-0.39, 0.29) is 24.4 Å². The summed E-state index contributed by atoms with van der Waals surface area (Å²) in [6, 6.07) is -0.152. The van der Waals surface area contributed by atoms with Crippen LogP contribution in [0.2, 0.25) is 0 Å². The fourth-order valence-electron chi connectivity index (χ4n) is 3.01. The van der Waals surface area contributed by atoms with E-state index in [4.69, 9.17) is 14.6 Å². The van der Waals surface area contributed by atoms with Gasteiger partial charge < -0.3 is 24.4 Å². The van der Waals surface area contributed by atoms with Crippen LogP contribution in [0.3, 0.4) is 0 Å². The molecule has 2 unspecified atom stereocenters. The molecule has 0 aromatic heterocycles. The zero-order valence-corrected chi connectivity index (χ0v) is 15.4. The molecule has 8 nitrogen and oxygen atoms in total. The van der Waals surface area contributed by atoms with Crippen LogP contribution in [0.5, 0.6) is 0 Å². The number of amides is 2. The standard InChI is InChI=1S/C17H30N2O6/c1-4-24-10-11-25-13(2)17(23)18-8-5-6-15(7-9-18)19(14(3)20)12-16(21)22/h13,15H,4-12H2,1-3H3,(H,21,22). The van der Waals surface area contributed by atoms with Crippen LogP contribution in [-0.2, 0) is 23.9 Å². The predicted octanol–water partition coefficient (Wildman–Crippen LogP) is 0.742. The van der Waals surface area contributed by atoms with Crippen molar-refractivity contribution < 1.29 is 29.0 Å². The van der Waals surface area contributed by atoms with Gasteiger partial charge in [0.2, 0.25) is 5.91 Å². The minimum Gasteiger partial charge on any atom is -0.480 e. The summed E-state index contributed by atoms with van der Waals surface area (Å²) < 4.78 is 10.7. The molecule has 0 radical (unpaired) electrons. The second-order valence-corrected chi connectivity index (χ2v) is 6.16. The topological polar surface area (TPSA) is 96.4 Å². The largest absolute Gasteiger partial charge is 0.480 e. The van der Waals surface area contributed by atoms with Gasteiger partial charge in [-0.25, -0.2) is 0 Å². The first-order valence-corrected chi connectivity index (χ1v) is 8.83. The van der Waals surface area contributed by atoms with Gasteiger partial charge in [0, 0.05) is 32.7 Å². The molecule has 1 N–H and O–H groups in total. The van der Waals surface area contributed by atoms with Crippen molar-refractivity contribution in [1.82, 2.24) is 9.80 Å². The predicted molar refractivity (Wildman–Crippen MR) is 91.1 cm³/mol. The Kier molecular flexibility index (Phi) is 9.44. The number of nitrogens with zero attached hydrogens (tertiary/aromatic N) is 2. The van der Waals surface area contributed by atoms with Crippen molar-refractivity contribution in [3.8, 4) is 0 Å². The van der Waals surface area contributed by atoms with Crippen LogP contribution >= 0.6 is 0 Å². The van der Waals surface area contributed by atoms with Gasteiger partial charge in [0.1, 0.15) is 12.6 Å². The first kappa shape index (κ1) is 21.4. The third-order valence-corrected chi connectivity index (χ3v) is 4.31. The fourth-order valence-corrected chi connectivity index (χ4v) is 3.01. The van der Waals surface area contributed by atoms with E-state index in [0.717, 1.165) is 6.42 Å². The van der Waals surface area contributed by atoms with E-state index in [0.29, 0.717) is 45.8 Å². The molecule has 144 valence electrons. The van der Waals surface area contributed by atoms with Gasteiger partial charge in [-0.15, -0.1) is 0 Å². The molecule has 1 aliphatic rings. The maximum Gasteiger partial charge on any atom is 0.323 e. The Balaban J connectivity index is 2.54. The summed E-state index contributed by atoms with van der Waals surface area (Å²) in [6.07, 6.45) is 1.45. The second-order valence-electron chi connectivity index (χ2n) is 6.16. The van der Waals surface area contributed by atoms with E-state index in [1.54, 1.807) is 11.8 Å². The number of carboxylic acid groups (broad SMARTS) is 1. The van der Waals surface area contributed by atoms with Gasteiger partial charge in [-0.3, -0.25) is 14.4 Å². The summed E-state index contributed by atoms with van der Waals surface area (Å²) in [6.45, 7) is 7.23. The minimum absolute atomic E-state index is 0.0789. The average molecular weight is 358 g/mol. The summed E-state index contributed by atoms with van der Waals surface area (Å²) in [4.78, 5) is 38.3. The highest BCUT2D eigenvalue weighted by Gasteiger charge is 2.29. The normalized spacial score (nSPS) is 19.2. The lowest BCUT2D eigenvalue weighted by Crippen LogP contribution is -2.44. The summed E-state index contributed by atoms with van der Waals surface area (Å²) in [5, 5.41) is 8.98.